The van der Waals surface area contributed by atoms with E-state index in [1.165, 1.54) is 0 Å². The Balaban J connectivity index is 1.68. The van der Waals surface area contributed by atoms with Gasteiger partial charge >= 0.3 is 6.03 Å². The van der Waals surface area contributed by atoms with Gasteiger partial charge in [0.05, 0.1) is 10.0 Å². The van der Waals surface area contributed by atoms with Crippen LogP contribution in [0.1, 0.15) is 45.1 Å². The standard InChI is InChI=1S/C19H23Cl2N3O3/c1-11-3-6-13(7-4-11)22-16(25)10-24-17(26)19(2,23-18(24)27)12-5-8-14(20)15(21)9-12/h5,8-9,11,13H,3-4,6-7,10H2,1-2H3,(H,22,25)(H,23,27). The molecule has 8 heteroatoms. The number of urea groups is 1. The minimum atomic E-state index is -1.29. The van der Waals surface area contributed by atoms with E-state index in [-0.39, 0.29) is 18.5 Å². The molecule has 6 nitrogen and oxygen atoms in total. The smallest absolute Gasteiger partial charge is 0.325 e. The summed E-state index contributed by atoms with van der Waals surface area (Å²) in [6.45, 7) is 3.50. The molecule has 2 N–H and O–H groups in total. The lowest BCUT2D eigenvalue weighted by molar-refractivity contribution is -0.135. The highest BCUT2D eigenvalue weighted by molar-refractivity contribution is 6.42. The van der Waals surface area contributed by atoms with Crippen LogP contribution in [0.15, 0.2) is 18.2 Å². The van der Waals surface area contributed by atoms with Gasteiger partial charge in [0.2, 0.25) is 5.91 Å². The molecule has 0 aromatic heterocycles. The molecule has 2 aliphatic rings. The number of rotatable bonds is 4. The van der Waals surface area contributed by atoms with Gasteiger partial charge in [0, 0.05) is 6.04 Å². The maximum atomic E-state index is 12.9. The quantitative estimate of drug-likeness (QED) is 0.744. The molecule has 1 aromatic rings. The Morgan fingerprint density at radius 1 is 1.22 bits per heavy atom. The second kappa shape index (κ2) is 7.68. The molecular formula is C19H23Cl2N3O3. The second-order valence-electron chi connectivity index (χ2n) is 7.60. The van der Waals surface area contributed by atoms with Crippen molar-refractivity contribution in [2.24, 2.45) is 5.92 Å². The molecule has 1 heterocycles. The molecule has 146 valence electrons. The van der Waals surface area contributed by atoms with Crippen molar-refractivity contribution >= 4 is 41.0 Å². The van der Waals surface area contributed by atoms with E-state index in [0.29, 0.717) is 21.5 Å². The lowest BCUT2D eigenvalue weighted by Crippen LogP contribution is -2.46. The largest absolute Gasteiger partial charge is 0.352 e. The molecule has 1 unspecified atom stereocenters. The highest BCUT2D eigenvalue weighted by Crippen LogP contribution is 2.33. The Bertz CT molecular complexity index is 777. The average molecular weight is 412 g/mol. The fourth-order valence-electron chi connectivity index (χ4n) is 3.66. The number of nitrogens with one attached hydrogen (secondary N) is 2. The Morgan fingerprint density at radius 3 is 2.52 bits per heavy atom. The van der Waals surface area contributed by atoms with E-state index in [1.54, 1.807) is 25.1 Å². The third-order valence-corrected chi connectivity index (χ3v) is 6.19. The molecule has 1 saturated carbocycles. The number of carbonyl (C=O) groups is 3. The Hall–Kier alpha value is -1.79. The van der Waals surface area contributed by atoms with Gasteiger partial charge in [-0.2, -0.15) is 0 Å². The highest BCUT2D eigenvalue weighted by atomic mass is 35.5. The minimum absolute atomic E-state index is 0.107. The maximum Gasteiger partial charge on any atom is 0.325 e. The lowest BCUT2D eigenvalue weighted by atomic mass is 9.87. The van der Waals surface area contributed by atoms with Crippen LogP contribution in [0, 0.1) is 5.92 Å². The van der Waals surface area contributed by atoms with Crippen LogP contribution in [0.4, 0.5) is 4.79 Å². The maximum absolute atomic E-state index is 12.9. The van der Waals surface area contributed by atoms with Crippen molar-refractivity contribution in [3.05, 3.63) is 33.8 Å². The fourth-order valence-corrected chi connectivity index (χ4v) is 3.96. The summed E-state index contributed by atoms with van der Waals surface area (Å²) in [6.07, 6.45) is 4.00. The molecule has 0 spiro atoms. The number of hydrogen-bond acceptors (Lipinski definition) is 3. The third kappa shape index (κ3) is 4.06. The van der Waals surface area contributed by atoms with Crippen molar-refractivity contribution in [2.45, 2.75) is 51.1 Å². The van der Waals surface area contributed by atoms with Gasteiger partial charge in [0.15, 0.2) is 0 Å². The van der Waals surface area contributed by atoms with Gasteiger partial charge in [-0.25, -0.2) is 4.79 Å². The number of halogens is 2. The predicted octanol–water partition coefficient (Wildman–Crippen LogP) is 3.46. The van der Waals surface area contributed by atoms with Crippen molar-refractivity contribution < 1.29 is 14.4 Å². The number of imide groups is 1. The van der Waals surface area contributed by atoms with E-state index in [9.17, 15) is 14.4 Å². The van der Waals surface area contributed by atoms with Crippen LogP contribution >= 0.6 is 23.2 Å². The minimum Gasteiger partial charge on any atom is -0.352 e. The topological polar surface area (TPSA) is 78.5 Å². The summed E-state index contributed by atoms with van der Waals surface area (Å²) < 4.78 is 0. The second-order valence-corrected chi connectivity index (χ2v) is 8.41. The van der Waals surface area contributed by atoms with Crippen molar-refractivity contribution in [1.29, 1.82) is 0 Å². The zero-order valence-electron chi connectivity index (χ0n) is 15.4. The van der Waals surface area contributed by atoms with Gasteiger partial charge in [-0.3, -0.25) is 14.5 Å². The number of hydrogen-bond donors (Lipinski definition) is 2. The first kappa shape index (κ1) is 20.0. The van der Waals surface area contributed by atoms with Gasteiger partial charge in [0.25, 0.3) is 5.91 Å². The Morgan fingerprint density at radius 2 is 1.89 bits per heavy atom. The molecule has 27 heavy (non-hydrogen) atoms. The van der Waals surface area contributed by atoms with Gasteiger partial charge < -0.3 is 10.6 Å². The van der Waals surface area contributed by atoms with Crippen molar-refractivity contribution in [3.63, 3.8) is 0 Å². The van der Waals surface area contributed by atoms with E-state index >= 15 is 0 Å². The van der Waals surface area contributed by atoms with E-state index in [2.05, 4.69) is 17.6 Å². The summed E-state index contributed by atoms with van der Waals surface area (Å²) in [7, 11) is 0. The van der Waals surface area contributed by atoms with Crippen LogP contribution in [0.3, 0.4) is 0 Å². The molecule has 4 amide bonds. The van der Waals surface area contributed by atoms with Crippen LogP contribution in [0.2, 0.25) is 10.0 Å². The average Bonchev–Trinajstić information content (AvgIpc) is 2.83. The van der Waals surface area contributed by atoms with Gasteiger partial charge in [-0.1, -0.05) is 36.2 Å². The molecule has 1 saturated heterocycles. The zero-order valence-corrected chi connectivity index (χ0v) is 16.9. The fraction of sp³-hybridized carbons (Fsp3) is 0.526. The highest BCUT2D eigenvalue weighted by Gasteiger charge is 2.49. The molecule has 3 rings (SSSR count). The summed E-state index contributed by atoms with van der Waals surface area (Å²) in [5.74, 6) is -0.134. The molecule has 1 aromatic carbocycles. The van der Waals surface area contributed by atoms with Crippen LogP contribution in [0.25, 0.3) is 0 Å². The van der Waals surface area contributed by atoms with Gasteiger partial charge in [-0.05, 0) is 56.2 Å². The monoisotopic (exact) mass is 411 g/mol. The Labute approximate surface area is 168 Å². The molecule has 0 bridgehead atoms. The van der Waals surface area contributed by atoms with E-state index < -0.39 is 17.5 Å². The van der Waals surface area contributed by atoms with Crippen molar-refractivity contribution in [3.8, 4) is 0 Å². The SMILES string of the molecule is CC1CCC(NC(=O)CN2C(=O)NC(C)(c3ccc(Cl)c(Cl)c3)C2=O)CC1. The van der Waals surface area contributed by atoms with E-state index in [1.807, 2.05) is 0 Å². The van der Waals surface area contributed by atoms with Crippen LogP contribution in [-0.2, 0) is 15.1 Å². The summed E-state index contributed by atoms with van der Waals surface area (Å²) >= 11 is 12.0. The number of carbonyl (C=O) groups excluding carboxylic acids is 3. The predicted molar refractivity (Wildman–Crippen MR) is 104 cm³/mol. The first-order valence-corrected chi connectivity index (χ1v) is 9.85. The summed E-state index contributed by atoms with van der Waals surface area (Å²) in [5, 5.41) is 6.26. The van der Waals surface area contributed by atoms with Crippen molar-refractivity contribution in [1.82, 2.24) is 15.5 Å². The molecule has 2 fully saturated rings. The van der Waals surface area contributed by atoms with Gasteiger partial charge in [0.1, 0.15) is 12.1 Å². The van der Waals surface area contributed by atoms with E-state index in [4.69, 9.17) is 23.2 Å². The summed E-state index contributed by atoms with van der Waals surface area (Å²) in [5.41, 5.74) is -0.772. The first-order valence-electron chi connectivity index (χ1n) is 9.09. The molecular weight excluding hydrogens is 389 g/mol. The lowest BCUT2D eigenvalue weighted by Gasteiger charge is -2.27. The van der Waals surface area contributed by atoms with Crippen LogP contribution < -0.4 is 10.6 Å². The first-order chi connectivity index (χ1) is 12.7. The Kier molecular flexibility index (Phi) is 5.68. The van der Waals surface area contributed by atoms with E-state index in [0.717, 1.165) is 30.6 Å². The number of amides is 4. The van der Waals surface area contributed by atoms with Gasteiger partial charge in [-0.15, -0.1) is 0 Å². The van der Waals surface area contributed by atoms with Crippen LogP contribution in [0.5, 0.6) is 0 Å². The third-order valence-electron chi connectivity index (χ3n) is 5.45. The molecule has 0 radical (unpaired) electrons. The summed E-state index contributed by atoms with van der Waals surface area (Å²) in [6, 6.07) is 4.27. The normalized spacial score (nSPS) is 28.2. The number of benzene rings is 1. The molecule has 1 aliphatic carbocycles. The molecule has 1 atom stereocenters. The molecule has 1 aliphatic heterocycles. The van der Waals surface area contributed by atoms with Crippen LogP contribution in [-0.4, -0.2) is 35.3 Å². The number of nitrogens with zero attached hydrogens (tertiary/aromatic N) is 1. The zero-order chi connectivity index (χ0) is 19.8. The summed E-state index contributed by atoms with van der Waals surface area (Å²) in [4.78, 5) is 38.6. The van der Waals surface area contributed by atoms with Crippen molar-refractivity contribution in [2.75, 3.05) is 6.54 Å².